The molecule has 1 amide bonds. The summed E-state index contributed by atoms with van der Waals surface area (Å²) < 4.78 is 5.23. The van der Waals surface area contributed by atoms with Crippen molar-refractivity contribution in [3.05, 3.63) is 66.4 Å². The molecule has 2 aromatic carbocycles. The van der Waals surface area contributed by atoms with Crippen molar-refractivity contribution >= 4 is 22.9 Å². The van der Waals surface area contributed by atoms with Crippen LogP contribution in [0.15, 0.2) is 65.2 Å². The number of amides is 1. The van der Waals surface area contributed by atoms with Gasteiger partial charge in [-0.2, -0.15) is 0 Å². The van der Waals surface area contributed by atoms with E-state index in [1.54, 1.807) is 6.07 Å². The molecule has 23 heavy (non-hydrogen) atoms. The summed E-state index contributed by atoms with van der Waals surface area (Å²) in [4.78, 5) is 19.6. The Labute approximate surface area is 131 Å². The average molecular weight is 304 g/mol. The maximum Gasteiger partial charge on any atom is 0.280 e. The van der Waals surface area contributed by atoms with Crippen molar-refractivity contribution < 1.29 is 9.32 Å². The number of nitrogens with zero attached hydrogens (tertiary/aromatic N) is 2. The lowest BCUT2D eigenvalue weighted by Gasteiger charge is -1.96. The predicted octanol–water partition coefficient (Wildman–Crippen LogP) is 3.47. The zero-order chi connectivity index (χ0) is 15.6. The number of anilines is 1. The van der Waals surface area contributed by atoms with Gasteiger partial charge in [-0.15, -0.1) is 0 Å². The Kier molecular flexibility index (Phi) is 3.12. The molecule has 4 aromatic rings. The molecule has 0 aliphatic carbocycles. The summed E-state index contributed by atoms with van der Waals surface area (Å²) in [7, 11) is 0. The Morgan fingerprint density at radius 3 is 2.65 bits per heavy atom. The van der Waals surface area contributed by atoms with E-state index in [0.29, 0.717) is 11.7 Å². The quantitative estimate of drug-likeness (QED) is 0.607. The van der Waals surface area contributed by atoms with Crippen LogP contribution in [-0.2, 0) is 0 Å². The number of nitrogens with one attached hydrogen (secondary N) is 2. The summed E-state index contributed by atoms with van der Waals surface area (Å²) in [5.74, 6) is 0.538. The van der Waals surface area contributed by atoms with E-state index in [1.807, 2.05) is 54.6 Å². The van der Waals surface area contributed by atoms with Crippen LogP contribution in [0.4, 0.5) is 5.95 Å². The third-order valence-electron chi connectivity index (χ3n) is 3.42. The van der Waals surface area contributed by atoms with Gasteiger partial charge in [-0.3, -0.25) is 10.1 Å². The maximum atomic E-state index is 12.2. The van der Waals surface area contributed by atoms with E-state index in [9.17, 15) is 4.79 Å². The molecule has 4 rings (SSSR count). The Morgan fingerprint density at radius 1 is 1.04 bits per heavy atom. The van der Waals surface area contributed by atoms with Gasteiger partial charge >= 0.3 is 0 Å². The third-order valence-corrected chi connectivity index (χ3v) is 3.42. The highest BCUT2D eigenvalue weighted by molar-refractivity contribution is 6.03. The minimum atomic E-state index is -0.380. The van der Waals surface area contributed by atoms with Crippen LogP contribution in [0, 0.1) is 0 Å². The number of carbonyl (C=O) groups is 1. The summed E-state index contributed by atoms with van der Waals surface area (Å²) in [6.45, 7) is 0. The van der Waals surface area contributed by atoms with Gasteiger partial charge in [0.05, 0.1) is 11.0 Å². The molecule has 2 aromatic heterocycles. The van der Waals surface area contributed by atoms with Gasteiger partial charge in [0.25, 0.3) is 5.91 Å². The van der Waals surface area contributed by atoms with Gasteiger partial charge < -0.3 is 9.51 Å². The summed E-state index contributed by atoms with van der Waals surface area (Å²) in [5, 5.41) is 6.50. The number of hydrogen-bond acceptors (Lipinski definition) is 4. The van der Waals surface area contributed by atoms with Crippen molar-refractivity contribution in [3.8, 4) is 11.3 Å². The second-order valence-electron chi connectivity index (χ2n) is 5.00. The smallest absolute Gasteiger partial charge is 0.280 e. The number of para-hydroxylation sites is 2. The number of fused-ring (bicyclic) bond motifs is 1. The molecule has 0 fully saturated rings. The zero-order valence-corrected chi connectivity index (χ0v) is 12.0. The first-order valence-electron chi connectivity index (χ1n) is 7.08. The Morgan fingerprint density at radius 2 is 1.83 bits per heavy atom. The van der Waals surface area contributed by atoms with Crippen molar-refractivity contribution in [1.29, 1.82) is 0 Å². The SMILES string of the molecule is O=C(Nc1nc2ccccc2[nH]1)c1cc(-c2ccccc2)on1. The third kappa shape index (κ3) is 2.57. The van der Waals surface area contributed by atoms with Crippen molar-refractivity contribution in [1.82, 2.24) is 15.1 Å². The van der Waals surface area contributed by atoms with E-state index >= 15 is 0 Å². The van der Waals surface area contributed by atoms with Gasteiger partial charge in [0, 0.05) is 11.6 Å². The molecule has 2 N–H and O–H groups in total. The lowest BCUT2D eigenvalue weighted by molar-refractivity contribution is 0.101. The zero-order valence-electron chi connectivity index (χ0n) is 12.0. The fourth-order valence-corrected chi connectivity index (χ4v) is 2.30. The van der Waals surface area contributed by atoms with Crippen molar-refractivity contribution in [3.63, 3.8) is 0 Å². The molecule has 0 saturated heterocycles. The van der Waals surface area contributed by atoms with Gasteiger partial charge in [-0.05, 0) is 12.1 Å². The van der Waals surface area contributed by atoms with E-state index in [1.165, 1.54) is 0 Å². The number of benzene rings is 2. The molecule has 2 heterocycles. The number of H-pyrrole nitrogens is 1. The number of aromatic amines is 1. The number of aromatic nitrogens is 3. The van der Waals surface area contributed by atoms with Crippen LogP contribution in [-0.4, -0.2) is 21.0 Å². The molecule has 6 heteroatoms. The molecule has 0 aliphatic heterocycles. The van der Waals surface area contributed by atoms with E-state index in [2.05, 4.69) is 20.4 Å². The van der Waals surface area contributed by atoms with Gasteiger partial charge in [0.2, 0.25) is 5.95 Å². The highest BCUT2D eigenvalue weighted by Gasteiger charge is 2.15. The average Bonchev–Trinajstić information content (AvgIpc) is 3.22. The Bertz CT molecular complexity index is 939. The van der Waals surface area contributed by atoms with Crippen LogP contribution in [0.2, 0.25) is 0 Å². The summed E-state index contributed by atoms with van der Waals surface area (Å²) >= 11 is 0. The fraction of sp³-hybridized carbons (Fsp3) is 0. The molecular weight excluding hydrogens is 292 g/mol. The minimum absolute atomic E-state index is 0.198. The maximum absolute atomic E-state index is 12.2. The highest BCUT2D eigenvalue weighted by atomic mass is 16.5. The number of carbonyl (C=O) groups excluding carboxylic acids is 1. The van der Waals surface area contributed by atoms with E-state index in [0.717, 1.165) is 16.6 Å². The number of hydrogen-bond donors (Lipinski definition) is 2. The largest absolute Gasteiger partial charge is 0.355 e. The van der Waals surface area contributed by atoms with Crippen LogP contribution in [0.25, 0.3) is 22.4 Å². The summed E-state index contributed by atoms with van der Waals surface area (Å²) in [5.41, 5.74) is 2.70. The van der Waals surface area contributed by atoms with E-state index < -0.39 is 0 Å². The Balaban J connectivity index is 1.56. The van der Waals surface area contributed by atoms with Crippen LogP contribution >= 0.6 is 0 Å². The van der Waals surface area contributed by atoms with Crippen LogP contribution < -0.4 is 5.32 Å². The van der Waals surface area contributed by atoms with Gasteiger partial charge in [-0.25, -0.2) is 4.98 Å². The van der Waals surface area contributed by atoms with Crippen molar-refractivity contribution in [2.45, 2.75) is 0 Å². The minimum Gasteiger partial charge on any atom is -0.355 e. The molecule has 6 nitrogen and oxygen atoms in total. The molecule has 0 atom stereocenters. The standard InChI is InChI=1S/C17H12N4O2/c22-16(20-17-18-12-8-4-5-9-13(12)19-17)14-10-15(23-21-14)11-6-2-1-3-7-11/h1-10H,(H2,18,19,20,22). The number of rotatable bonds is 3. The monoisotopic (exact) mass is 304 g/mol. The normalized spacial score (nSPS) is 10.8. The van der Waals surface area contributed by atoms with Gasteiger partial charge in [-0.1, -0.05) is 47.6 Å². The highest BCUT2D eigenvalue weighted by Crippen LogP contribution is 2.20. The van der Waals surface area contributed by atoms with E-state index in [-0.39, 0.29) is 11.6 Å². The topological polar surface area (TPSA) is 83.8 Å². The first-order chi connectivity index (χ1) is 11.3. The number of imidazole rings is 1. The van der Waals surface area contributed by atoms with Crippen molar-refractivity contribution in [2.75, 3.05) is 5.32 Å². The second-order valence-corrected chi connectivity index (χ2v) is 5.00. The predicted molar refractivity (Wildman–Crippen MR) is 86.0 cm³/mol. The first-order valence-corrected chi connectivity index (χ1v) is 7.08. The molecular formula is C17H12N4O2. The fourth-order valence-electron chi connectivity index (χ4n) is 2.30. The summed E-state index contributed by atoms with van der Waals surface area (Å²) in [6, 6.07) is 18.6. The second kappa shape index (κ2) is 5.42. The lowest BCUT2D eigenvalue weighted by atomic mass is 10.1. The van der Waals surface area contributed by atoms with Crippen LogP contribution in [0.5, 0.6) is 0 Å². The van der Waals surface area contributed by atoms with Crippen LogP contribution in [0.3, 0.4) is 0 Å². The summed E-state index contributed by atoms with van der Waals surface area (Å²) in [6.07, 6.45) is 0. The van der Waals surface area contributed by atoms with E-state index in [4.69, 9.17) is 4.52 Å². The molecule has 0 unspecified atom stereocenters. The Hall–Kier alpha value is -3.41. The first kappa shape index (κ1) is 13.3. The molecule has 0 radical (unpaired) electrons. The van der Waals surface area contributed by atoms with Gasteiger partial charge in [0.1, 0.15) is 0 Å². The van der Waals surface area contributed by atoms with Gasteiger partial charge in [0.15, 0.2) is 11.5 Å². The van der Waals surface area contributed by atoms with Crippen molar-refractivity contribution in [2.24, 2.45) is 0 Å². The molecule has 0 saturated carbocycles. The molecule has 0 aliphatic rings. The molecule has 0 spiro atoms. The van der Waals surface area contributed by atoms with Crippen LogP contribution in [0.1, 0.15) is 10.5 Å². The molecule has 112 valence electrons. The molecule has 0 bridgehead atoms. The lowest BCUT2D eigenvalue weighted by Crippen LogP contribution is -2.13.